The van der Waals surface area contributed by atoms with E-state index < -0.39 is 0 Å². The SMILES string of the molecule is Cc1ccc(CNc2ccc3c(c2)CCC(=O)N3)cc1C. The molecule has 2 aromatic rings. The lowest BCUT2D eigenvalue weighted by atomic mass is 10.0. The van der Waals surface area contributed by atoms with Gasteiger partial charge >= 0.3 is 0 Å². The number of hydrogen-bond acceptors (Lipinski definition) is 2. The molecule has 1 aliphatic heterocycles. The van der Waals surface area contributed by atoms with Gasteiger partial charge < -0.3 is 10.6 Å². The molecule has 2 N–H and O–H groups in total. The van der Waals surface area contributed by atoms with Crippen LogP contribution in [0.1, 0.15) is 28.7 Å². The van der Waals surface area contributed by atoms with E-state index in [1.165, 1.54) is 22.3 Å². The second kappa shape index (κ2) is 5.60. The summed E-state index contributed by atoms with van der Waals surface area (Å²) in [6.07, 6.45) is 1.40. The fraction of sp³-hybridized carbons (Fsp3) is 0.278. The summed E-state index contributed by atoms with van der Waals surface area (Å²) < 4.78 is 0. The number of anilines is 2. The predicted octanol–water partition coefficient (Wildman–Crippen LogP) is 3.80. The molecule has 0 saturated heterocycles. The summed E-state index contributed by atoms with van der Waals surface area (Å²) in [6, 6.07) is 12.7. The Hall–Kier alpha value is -2.29. The summed E-state index contributed by atoms with van der Waals surface area (Å²) >= 11 is 0. The van der Waals surface area contributed by atoms with Gasteiger partial charge in [0.2, 0.25) is 5.91 Å². The van der Waals surface area contributed by atoms with Crippen LogP contribution in [-0.2, 0) is 17.8 Å². The quantitative estimate of drug-likeness (QED) is 0.898. The summed E-state index contributed by atoms with van der Waals surface area (Å²) in [7, 11) is 0. The minimum atomic E-state index is 0.110. The van der Waals surface area contributed by atoms with E-state index in [0.717, 1.165) is 24.3 Å². The van der Waals surface area contributed by atoms with Crippen molar-refractivity contribution in [3.63, 3.8) is 0 Å². The highest BCUT2D eigenvalue weighted by atomic mass is 16.1. The highest BCUT2D eigenvalue weighted by molar-refractivity contribution is 5.94. The second-order valence-corrected chi connectivity index (χ2v) is 5.69. The molecule has 0 bridgehead atoms. The van der Waals surface area contributed by atoms with E-state index >= 15 is 0 Å². The van der Waals surface area contributed by atoms with Gasteiger partial charge in [-0.25, -0.2) is 0 Å². The number of carbonyl (C=O) groups excluding carboxylic acids is 1. The molecule has 3 nitrogen and oxygen atoms in total. The molecule has 0 radical (unpaired) electrons. The largest absolute Gasteiger partial charge is 0.381 e. The lowest BCUT2D eigenvalue weighted by molar-refractivity contribution is -0.116. The molecule has 0 aromatic heterocycles. The van der Waals surface area contributed by atoms with Gasteiger partial charge in [-0.1, -0.05) is 18.2 Å². The molecule has 1 heterocycles. The summed E-state index contributed by atoms with van der Waals surface area (Å²) in [5.74, 6) is 0.110. The lowest BCUT2D eigenvalue weighted by Gasteiger charge is -2.18. The van der Waals surface area contributed by atoms with Gasteiger partial charge in [0.15, 0.2) is 0 Å². The number of amides is 1. The average molecular weight is 280 g/mol. The van der Waals surface area contributed by atoms with Crippen molar-refractivity contribution in [1.82, 2.24) is 0 Å². The van der Waals surface area contributed by atoms with E-state index in [-0.39, 0.29) is 5.91 Å². The van der Waals surface area contributed by atoms with E-state index in [2.05, 4.69) is 48.7 Å². The Labute approximate surface area is 125 Å². The maximum absolute atomic E-state index is 11.4. The molecule has 0 fully saturated rings. The van der Waals surface area contributed by atoms with Crippen LogP contribution in [0.5, 0.6) is 0 Å². The highest BCUT2D eigenvalue weighted by Crippen LogP contribution is 2.26. The third-order valence-electron chi connectivity index (χ3n) is 4.07. The van der Waals surface area contributed by atoms with Crippen molar-refractivity contribution in [1.29, 1.82) is 0 Å². The maximum atomic E-state index is 11.4. The van der Waals surface area contributed by atoms with Gasteiger partial charge in [0.25, 0.3) is 0 Å². The molecule has 3 heteroatoms. The van der Waals surface area contributed by atoms with E-state index in [4.69, 9.17) is 0 Å². The second-order valence-electron chi connectivity index (χ2n) is 5.69. The van der Waals surface area contributed by atoms with Gasteiger partial charge in [0, 0.05) is 24.3 Å². The summed E-state index contributed by atoms with van der Waals surface area (Å²) in [6.45, 7) is 5.08. The minimum Gasteiger partial charge on any atom is -0.381 e. The highest BCUT2D eigenvalue weighted by Gasteiger charge is 2.14. The van der Waals surface area contributed by atoms with Crippen molar-refractivity contribution >= 4 is 17.3 Å². The molecule has 0 saturated carbocycles. The zero-order valence-corrected chi connectivity index (χ0v) is 12.5. The van der Waals surface area contributed by atoms with Gasteiger partial charge in [-0.2, -0.15) is 0 Å². The van der Waals surface area contributed by atoms with Gasteiger partial charge in [0.05, 0.1) is 0 Å². The zero-order chi connectivity index (χ0) is 14.8. The normalized spacial score (nSPS) is 13.5. The van der Waals surface area contributed by atoms with Gasteiger partial charge in [-0.05, 0) is 60.7 Å². The number of aryl methyl sites for hydroxylation is 3. The Balaban J connectivity index is 1.71. The van der Waals surface area contributed by atoms with Crippen LogP contribution in [0.2, 0.25) is 0 Å². The van der Waals surface area contributed by atoms with Crippen LogP contribution in [0.3, 0.4) is 0 Å². The van der Waals surface area contributed by atoms with Crippen LogP contribution in [0, 0.1) is 13.8 Å². The van der Waals surface area contributed by atoms with Crippen molar-refractivity contribution in [3.05, 3.63) is 58.7 Å². The standard InChI is InChI=1S/C18H20N2O/c1-12-3-4-14(9-13(12)2)11-19-16-6-7-17-15(10-16)5-8-18(21)20-17/h3-4,6-7,9-10,19H,5,8,11H2,1-2H3,(H,20,21). The average Bonchev–Trinajstić information content (AvgIpc) is 2.48. The first-order chi connectivity index (χ1) is 10.1. The van der Waals surface area contributed by atoms with Gasteiger partial charge in [-0.3, -0.25) is 4.79 Å². The Kier molecular flexibility index (Phi) is 3.65. The maximum Gasteiger partial charge on any atom is 0.224 e. The van der Waals surface area contributed by atoms with E-state index in [9.17, 15) is 4.79 Å². The van der Waals surface area contributed by atoms with Gasteiger partial charge in [0.1, 0.15) is 0 Å². The monoisotopic (exact) mass is 280 g/mol. The van der Waals surface area contributed by atoms with Gasteiger partial charge in [-0.15, -0.1) is 0 Å². The molecule has 0 aliphatic carbocycles. The Bertz CT molecular complexity index is 692. The molecule has 1 amide bonds. The molecule has 0 atom stereocenters. The summed E-state index contributed by atoms with van der Waals surface area (Å²) in [5.41, 5.74) is 7.18. The third-order valence-corrected chi connectivity index (χ3v) is 4.07. The van der Waals surface area contributed by atoms with Crippen molar-refractivity contribution in [2.45, 2.75) is 33.2 Å². The molecule has 0 unspecified atom stereocenters. The van der Waals surface area contributed by atoms with Crippen molar-refractivity contribution < 1.29 is 4.79 Å². The zero-order valence-electron chi connectivity index (χ0n) is 12.5. The van der Waals surface area contributed by atoms with Crippen LogP contribution >= 0.6 is 0 Å². The number of benzene rings is 2. The molecule has 108 valence electrons. The molecule has 3 rings (SSSR count). The van der Waals surface area contributed by atoms with Crippen LogP contribution in [0.15, 0.2) is 36.4 Å². The van der Waals surface area contributed by atoms with E-state index in [1.54, 1.807) is 0 Å². The number of fused-ring (bicyclic) bond motifs is 1. The Morgan fingerprint density at radius 2 is 1.90 bits per heavy atom. The molecular weight excluding hydrogens is 260 g/mol. The Morgan fingerprint density at radius 3 is 2.71 bits per heavy atom. The number of rotatable bonds is 3. The fourth-order valence-corrected chi connectivity index (χ4v) is 2.61. The summed E-state index contributed by atoms with van der Waals surface area (Å²) in [4.78, 5) is 11.4. The molecule has 0 spiro atoms. The smallest absolute Gasteiger partial charge is 0.224 e. The number of nitrogens with one attached hydrogen (secondary N) is 2. The number of carbonyl (C=O) groups is 1. The number of hydrogen-bond donors (Lipinski definition) is 2. The Morgan fingerprint density at radius 1 is 1.05 bits per heavy atom. The summed E-state index contributed by atoms with van der Waals surface area (Å²) in [5, 5.41) is 6.36. The van der Waals surface area contributed by atoms with Crippen molar-refractivity contribution in [2.24, 2.45) is 0 Å². The topological polar surface area (TPSA) is 41.1 Å². The van der Waals surface area contributed by atoms with Crippen LogP contribution in [0.4, 0.5) is 11.4 Å². The minimum absolute atomic E-state index is 0.110. The third kappa shape index (κ3) is 3.07. The van der Waals surface area contributed by atoms with Crippen LogP contribution < -0.4 is 10.6 Å². The molecule has 2 aromatic carbocycles. The van der Waals surface area contributed by atoms with Crippen molar-refractivity contribution in [2.75, 3.05) is 10.6 Å². The molecule has 21 heavy (non-hydrogen) atoms. The van der Waals surface area contributed by atoms with Crippen LogP contribution in [0.25, 0.3) is 0 Å². The molecule has 1 aliphatic rings. The van der Waals surface area contributed by atoms with E-state index in [1.807, 2.05) is 12.1 Å². The van der Waals surface area contributed by atoms with Crippen molar-refractivity contribution in [3.8, 4) is 0 Å². The first-order valence-electron chi connectivity index (χ1n) is 7.34. The van der Waals surface area contributed by atoms with E-state index in [0.29, 0.717) is 6.42 Å². The predicted molar refractivity (Wildman–Crippen MR) is 86.6 cm³/mol. The lowest BCUT2D eigenvalue weighted by Crippen LogP contribution is -2.18. The first kappa shape index (κ1) is 13.7. The first-order valence-corrected chi connectivity index (χ1v) is 7.34. The van der Waals surface area contributed by atoms with Crippen LogP contribution in [-0.4, -0.2) is 5.91 Å². The fourth-order valence-electron chi connectivity index (χ4n) is 2.61. The molecular formula is C18H20N2O.